The van der Waals surface area contributed by atoms with Gasteiger partial charge in [-0.2, -0.15) is 0 Å². The van der Waals surface area contributed by atoms with Gasteiger partial charge in [-0.3, -0.25) is 4.99 Å². The van der Waals surface area contributed by atoms with Gasteiger partial charge in [0.2, 0.25) is 0 Å². The quantitative estimate of drug-likeness (QED) is 0.333. The van der Waals surface area contributed by atoms with Gasteiger partial charge >= 0.3 is 0 Å². The molecule has 0 amide bonds. The Balaban J connectivity index is 2.41. The molecule has 21 heavy (non-hydrogen) atoms. The van der Waals surface area contributed by atoms with Gasteiger partial charge < -0.3 is 20.5 Å². The molecule has 1 aromatic carbocycles. The Morgan fingerprint density at radius 2 is 2.05 bits per heavy atom. The monoisotopic (exact) mass is 291 g/mol. The second-order valence-electron chi connectivity index (χ2n) is 4.49. The maximum Gasteiger partial charge on any atom is 0.188 e. The zero-order valence-corrected chi connectivity index (χ0v) is 13.1. The van der Waals surface area contributed by atoms with Gasteiger partial charge in [0.15, 0.2) is 17.5 Å². The first-order valence-electron chi connectivity index (χ1n) is 7.07. The molecular weight excluding hydrogens is 266 g/mol. The first-order chi connectivity index (χ1) is 10.2. The number of rotatable bonds is 8. The van der Waals surface area contributed by atoms with E-state index in [-0.39, 0.29) is 0 Å². The van der Waals surface area contributed by atoms with Crippen molar-refractivity contribution < 1.29 is 9.47 Å². The van der Waals surface area contributed by atoms with Crippen molar-refractivity contribution in [2.75, 3.05) is 27.3 Å². The maximum atomic E-state index is 5.79. The molecule has 0 spiro atoms. The average molecular weight is 291 g/mol. The molecular formula is C16H25N3O2. The summed E-state index contributed by atoms with van der Waals surface area (Å²) in [4.78, 5) is 4.24. The van der Waals surface area contributed by atoms with Crippen molar-refractivity contribution in [2.24, 2.45) is 10.7 Å². The number of aliphatic imine (C=N–C) groups is 1. The Morgan fingerprint density at radius 3 is 2.71 bits per heavy atom. The van der Waals surface area contributed by atoms with Gasteiger partial charge in [0.05, 0.1) is 14.2 Å². The van der Waals surface area contributed by atoms with E-state index in [2.05, 4.69) is 16.4 Å². The summed E-state index contributed by atoms with van der Waals surface area (Å²) < 4.78 is 10.5. The highest BCUT2D eigenvalue weighted by atomic mass is 16.5. The van der Waals surface area contributed by atoms with Crippen molar-refractivity contribution in [1.82, 2.24) is 5.32 Å². The Morgan fingerprint density at radius 1 is 1.29 bits per heavy atom. The van der Waals surface area contributed by atoms with Gasteiger partial charge in [-0.25, -0.2) is 0 Å². The minimum Gasteiger partial charge on any atom is -0.493 e. The van der Waals surface area contributed by atoms with Gasteiger partial charge in [0.1, 0.15) is 0 Å². The van der Waals surface area contributed by atoms with Crippen molar-refractivity contribution in [2.45, 2.75) is 19.8 Å². The van der Waals surface area contributed by atoms with Crippen LogP contribution in [0.25, 0.3) is 0 Å². The van der Waals surface area contributed by atoms with Crippen LogP contribution in [-0.2, 0) is 6.42 Å². The third-order valence-electron chi connectivity index (χ3n) is 2.98. The van der Waals surface area contributed by atoms with Crippen molar-refractivity contribution in [3.05, 3.63) is 35.9 Å². The minimum atomic E-state index is 0.486. The summed E-state index contributed by atoms with van der Waals surface area (Å²) >= 11 is 0. The molecule has 0 atom stereocenters. The van der Waals surface area contributed by atoms with Crippen LogP contribution in [0.1, 0.15) is 18.9 Å². The second-order valence-corrected chi connectivity index (χ2v) is 4.49. The molecule has 0 bridgehead atoms. The van der Waals surface area contributed by atoms with Crippen LogP contribution in [0.4, 0.5) is 0 Å². The molecule has 0 saturated carbocycles. The SMILES string of the molecule is CC=CCCN=C(N)NCCc1ccc(OC)c(OC)c1. The third-order valence-corrected chi connectivity index (χ3v) is 2.98. The fourth-order valence-electron chi connectivity index (χ4n) is 1.85. The van der Waals surface area contributed by atoms with Gasteiger partial charge in [0.25, 0.3) is 0 Å². The summed E-state index contributed by atoms with van der Waals surface area (Å²) in [6, 6.07) is 5.89. The van der Waals surface area contributed by atoms with Gasteiger partial charge in [-0.05, 0) is 37.5 Å². The molecule has 0 aliphatic heterocycles. The number of hydrogen-bond acceptors (Lipinski definition) is 3. The van der Waals surface area contributed by atoms with E-state index >= 15 is 0 Å². The first kappa shape index (κ1) is 16.9. The van der Waals surface area contributed by atoms with E-state index in [4.69, 9.17) is 15.2 Å². The van der Waals surface area contributed by atoms with Crippen LogP contribution in [0.3, 0.4) is 0 Å². The fraction of sp³-hybridized carbons (Fsp3) is 0.438. The molecule has 0 aliphatic carbocycles. The fourth-order valence-corrected chi connectivity index (χ4v) is 1.85. The highest BCUT2D eigenvalue weighted by molar-refractivity contribution is 5.77. The summed E-state index contributed by atoms with van der Waals surface area (Å²) in [5.74, 6) is 1.96. The summed E-state index contributed by atoms with van der Waals surface area (Å²) in [7, 11) is 3.26. The van der Waals surface area contributed by atoms with Crippen LogP contribution in [0, 0.1) is 0 Å². The van der Waals surface area contributed by atoms with Crippen LogP contribution in [0.5, 0.6) is 11.5 Å². The van der Waals surface area contributed by atoms with Crippen molar-refractivity contribution in [3.8, 4) is 11.5 Å². The molecule has 0 saturated heterocycles. The van der Waals surface area contributed by atoms with Crippen LogP contribution < -0.4 is 20.5 Å². The standard InChI is InChI=1S/C16H25N3O2/c1-4-5-6-10-18-16(17)19-11-9-13-7-8-14(20-2)15(12-13)21-3/h4-5,7-8,12H,6,9-11H2,1-3H3,(H3,17,18,19). The number of nitrogens with zero attached hydrogens (tertiary/aromatic N) is 1. The lowest BCUT2D eigenvalue weighted by Crippen LogP contribution is -2.33. The van der Waals surface area contributed by atoms with Crippen molar-refractivity contribution in [1.29, 1.82) is 0 Å². The van der Waals surface area contributed by atoms with E-state index in [1.807, 2.05) is 31.2 Å². The molecule has 0 heterocycles. The number of ether oxygens (including phenoxy) is 2. The molecule has 1 aromatic rings. The average Bonchev–Trinajstić information content (AvgIpc) is 2.51. The molecule has 0 unspecified atom stereocenters. The molecule has 116 valence electrons. The van der Waals surface area contributed by atoms with Crippen LogP contribution >= 0.6 is 0 Å². The lowest BCUT2D eigenvalue weighted by Gasteiger charge is -2.10. The van der Waals surface area contributed by atoms with Gasteiger partial charge in [-0.15, -0.1) is 0 Å². The number of benzene rings is 1. The lowest BCUT2D eigenvalue weighted by molar-refractivity contribution is 0.354. The molecule has 1 rings (SSSR count). The maximum absolute atomic E-state index is 5.79. The van der Waals surface area contributed by atoms with Crippen LogP contribution in [0.15, 0.2) is 35.3 Å². The topological polar surface area (TPSA) is 68.9 Å². The minimum absolute atomic E-state index is 0.486. The zero-order valence-electron chi connectivity index (χ0n) is 13.1. The highest BCUT2D eigenvalue weighted by Crippen LogP contribution is 2.27. The van der Waals surface area contributed by atoms with Crippen LogP contribution in [0.2, 0.25) is 0 Å². The smallest absolute Gasteiger partial charge is 0.188 e. The summed E-state index contributed by atoms with van der Waals surface area (Å²) in [5.41, 5.74) is 6.95. The highest BCUT2D eigenvalue weighted by Gasteiger charge is 2.04. The van der Waals surface area contributed by atoms with E-state index in [0.29, 0.717) is 12.5 Å². The normalized spacial score (nSPS) is 11.7. The van der Waals surface area contributed by atoms with E-state index in [0.717, 1.165) is 36.4 Å². The molecule has 0 fully saturated rings. The molecule has 5 heteroatoms. The molecule has 3 N–H and O–H groups in total. The summed E-state index contributed by atoms with van der Waals surface area (Å²) in [5, 5.41) is 3.11. The number of nitrogens with two attached hydrogens (primary N) is 1. The van der Waals surface area contributed by atoms with E-state index in [1.54, 1.807) is 14.2 Å². The largest absolute Gasteiger partial charge is 0.493 e. The van der Waals surface area contributed by atoms with Crippen molar-refractivity contribution >= 4 is 5.96 Å². The zero-order chi connectivity index (χ0) is 15.5. The van der Waals surface area contributed by atoms with Gasteiger partial charge in [0, 0.05) is 13.1 Å². The summed E-state index contributed by atoms with van der Waals surface area (Å²) in [6.07, 6.45) is 5.83. The van der Waals surface area contributed by atoms with Gasteiger partial charge in [-0.1, -0.05) is 18.2 Å². The Kier molecular flexibility index (Phi) is 7.79. The number of nitrogens with one attached hydrogen (secondary N) is 1. The molecule has 5 nitrogen and oxygen atoms in total. The first-order valence-corrected chi connectivity index (χ1v) is 7.07. The lowest BCUT2D eigenvalue weighted by atomic mass is 10.1. The Bertz CT molecular complexity index is 484. The number of methoxy groups -OCH3 is 2. The Hall–Kier alpha value is -2.17. The third kappa shape index (κ3) is 6.21. The molecule has 0 aromatic heterocycles. The predicted molar refractivity (Wildman–Crippen MR) is 87.2 cm³/mol. The van der Waals surface area contributed by atoms with E-state index in [1.165, 1.54) is 0 Å². The number of guanidine groups is 1. The van der Waals surface area contributed by atoms with E-state index < -0.39 is 0 Å². The number of allylic oxidation sites excluding steroid dienone is 1. The van der Waals surface area contributed by atoms with Crippen LogP contribution in [-0.4, -0.2) is 33.3 Å². The second kappa shape index (κ2) is 9.69. The number of hydrogen-bond donors (Lipinski definition) is 2. The van der Waals surface area contributed by atoms with E-state index in [9.17, 15) is 0 Å². The predicted octanol–water partition coefficient (Wildman–Crippen LogP) is 2.12. The Labute approximate surface area is 126 Å². The molecule has 0 aliphatic rings. The molecule has 0 radical (unpaired) electrons. The van der Waals surface area contributed by atoms with Crippen molar-refractivity contribution in [3.63, 3.8) is 0 Å². The summed E-state index contributed by atoms with van der Waals surface area (Å²) in [6.45, 7) is 3.43.